The average Bonchev–Trinajstić information content (AvgIpc) is 3.54. The van der Waals surface area contributed by atoms with Gasteiger partial charge in [-0.25, -0.2) is 0 Å². The third-order valence-corrected chi connectivity index (χ3v) is 14.0. The summed E-state index contributed by atoms with van der Waals surface area (Å²) < 4.78 is 0. The molecule has 0 N–H and O–H groups in total. The van der Waals surface area contributed by atoms with E-state index < -0.39 is 0 Å². The Morgan fingerprint density at radius 2 is 0.903 bits per heavy atom. The lowest BCUT2D eigenvalue weighted by Crippen LogP contribution is -2.32. The van der Waals surface area contributed by atoms with Gasteiger partial charge in [-0.3, -0.25) is 0 Å². The zero-order valence-electron chi connectivity index (χ0n) is 35.5. The van der Waals surface area contributed by atoms with Gasteiger partial charge in [0, 0.05) is 27.3 Å². The minimum Gasteiger partial charge on any atom is -0.308 e. The molecule has 62 heavy (non-hydrogen) atoms. The van der Waals surface area contributed by atoms with Crippen LogP contribution in [0.25, 0.3) is 54.6 Å². The van der Waals surface area contributed by atoms with Crippen LogP contribution >= 0.6 is 0 Å². The fourth-order valence-corrected chi connectivity index (χ4v) is 11.1. The molecular formula is C60H46N2. The summed E-state index contributed by atoms with van der Waals surface area (Å²) in [6.45, 7) is 9.57. The highest BCUT2D eigenvalue weighted by atomic mass is 15.2. The molecule has 0 unspecified atom stereocenters. The summed E-state index contributed by atoms with van der Waals surface area (Å²) in [6, 6.07) is 76.8. The number of anilines is 6. The number of fused-ring (bicyclic) bond motifs is 8. The van der Waals surface area contributed by atoms with Crippen LogP contribution in [0.2, 0.25) is 0 Å². The van der Waals surface area contributed by atoms with Gasteiger partial charge >= 0.3 is 0 Å². The molecule has 10 aromatic rings. The van der Waals surface area contributed by atoms with Gasteiger partial charge in [0.05, 0.1) is 28.4 Å². The lowest BCUT2D eigenvalue weighted by atomic mass is 9.70. The Labute approximate surface area is 364 Å². The van der Waals surface area contributed by atoms with Crippen molar-refractivity contribution < 1.29 is 0 Å². The number of hydrogen-bond donors (Lipinski definition) is 0. The second-order valence-corrected chi connectivity index (χ2v) is 18.1. The fourth-order valence-electron chi connectivity index (χ4n) is 11.1. The Bertz CT molecular complexity index is 3430. The average molecular weight is 795 g/mol. The smallest absolute Gasteiger partial charge is 0.0781 e. The van der Waals surface area contributed by atoms with E-state index in [4.69, 9.17) is 0 Å². The molecule has 0 radical (unpaired) electrons. The predicted molar refractivity (Wildman–Crippen MR) is 263 cm³/mol. The third kappa shape index (κ3) is 5.23. The van der Waals surface area contributed by atoms with Crippen LogP contribution < -0.4 is 9.80 Å². The highest BCUT2D eigenvalue weighted by Crippen LogP contribution is 2.59. The van der Waals surface area contributed by atoms with E-state index in [-0.39, 0.29) is 10.8 Å². The maximum atomic E-state index is 2.59. The molecule has 2 heteroatoms. The van der Waals surface area contributed by atoms with Gasteiger partial charge in [0.1, 0.15) is 0 Å². The second-order valence-electron chi connectivity index (χ2n) is 18.1. The van der Waals surface area contributed by atoms with E-state index in [9.17, 15) is 0 Å². The Hall–Kier alpha value is -7.42. The first-order valence-corrected chi connectivity index (χ1v) is 21.9. The van der Waals surface area contributed by atoms with Gasteiger partial charge in [0.15, 0.2) is 0 Å². The van der Waals surface area contributed by atoms with Crippen molar-refractivity contribution in [1.82, 2.24) is 0 Å². The zero-order chi connectivity index (χ0) is 41.7. The van der Waals surface area contributed by atoms with Crippen molar-refractivity contribution >= 4 is 66.4 Å². The van der Waals surface area contributed by atoms with Crippen LogP contribution in [-0.2, 0) is 10.8 Å². The molecule has 1 heterocycles. The summed E-state index contributed by atoms with van der Waals surface area (Å²) in [4.78, 5) is 5.13. The largest absolute Gasteiger partial charge is 0.308 e. The minimum atomic E-state index is -0.309. The van der Waals surface area contributed by atoms with E-state index in [1.807, 2.05) is 0 Å². The first-order chi connectivity index (χ1) is 30.3. The van der Waals surface area contributed by atoms with Crippen LogP contribution in [0, 0.1) is 0 Å². The monoisotopic (exact) mass is 794 g/mol. The molecular weight excluding hydrogens is 749 g/mol. The lowest BCUT2D eigenvalue weighted by molar-refractivity contribution is 0.634. The molecule has 12 rings (SSSR count). The number of rotatable bonds is 5. The van der Waals surface area contributed by atoms with E-state index in [0.717, 1.165) is 22.7 Å². The molecule has 0 aromatic heterocycles. The van der Waals surface area contributed by atoms with Gasteiger partial charge in [0.25, 0.3) is 0 Å². The summed E-state index contributed by atoms with van der Waals surface area (Å²) in [7, 11) is 0. The second kappa shape index (κ2) is 13.5. The lowest BCUT2D eigenvalue weighted by Gasteiger charge is -2.44. The molecule has 0 saturated heterocycles. The normalized spacial score (nSPS) is 14.4. The highest BCUT2D eigenvalue weighted by Gasteiger charge is 2.41. The van der Waals surface area contributed by atoms with Crippen LogP contribution in [0.1, 0.15) is 49.9 Å². The molecule has 10 aromatic carbocycles. The first kappa shape index (κ1) is 36.4. The van der Waals surface area contributed by atoms with Gasteiger partial charge in [-0.2, -0.15) is 0 Å². The number of nitrogens with zero attached hydrogens (tertiary/aromatic N) is 2. The third-order valence-electron chi connectivity index (χ3n) is 14.0. The van der Waals surface area contributed by atoms with Crippen LogP contribution in [0.5, 0.6) is 0 Å². The summed E-state index contributed by atoms with van der Waals surface area (Å²) >= 11 is 0. The van der Waals surface area contributed by atoms with E-state index in [1.54, 1.807) is 0 Å². The van der Waals surface area contributed by atoms with E-state index in [0.29, 0.717) is 0 Å². The zero-order valence-corrected chi connectivity index (χ0v) is 35.5. The van der Waals surface area contributed by atoms with Gasteiger partial charge < -0.3 is 9.80 Å². The summed E-state index contributed by atoms with van der Waals surface area (Å²) in [6.07, 6.45) is 0. The van der Waals surface area contributed by atoms with Crippen molar-refractivity contribution in [2.24, 2.45) is 0 Å². The molecule has 1 aliphatic carbocycles. The Morgan fingerprint density at radius 1 is 0.355 bits per heavy atom. The summed E-state index contributed by atoms with van der Waals surface area (Å²) in [5.74, 6) is 0. The van der Waals surface area contributed by atoms with Crippen molar-refractivity contribution in [2.45, 2.75) is 38.5 Å². The standard InChI is InChI=1S/C60H46N2/c1-59(2)50-29-12-11-26-47(50)48-36-35-42(38-52(48)59)61(53-32-16-22-40-19-6-9-24-44(40)53)56-37-34-41-20-7-10-25-45(41)58(56)62-54-31-14-13-30-51(54)60(3,4)57-49(28-17-33-55(57)62)46-27-15-21-39-18-5-8-23-43(39)46/h5-38H,1-4H3. The van der Waals surface area contributed by atoms with Crippen molar-refractivity contribution in [1.29, 1.82) is 0 Å². The molecule has 0 bridgehead atoms. The van der Waals surface area contributed by atoms with Crippen molar-refractivity contribution in [3.8, 4) is 22.3 Å². The quantitative estimate of drug-likeness (QED) is 0.171. The Morgan fingerprint density at radius 3 is 1.71 bits per heavy atom. The molecule has 0 spiro atoms. The molecule has 2 nitrogen and oxygen atoms in total. The van der Waals surface area contributed by atoms with Crippen molar-refractivity contribution in [2.75, 3.05) is 9.80 Å². The predicted octanol–water partition coefficient (Wildman–Crippen LogP) is 16.7. The van der Waals surface area contributed by atoms with Crippen LogP contribution in [-0.4, -0.2) is 0 Å². The van der Waals surface area contributed by atoms with E-state index in [2.05, 4.69) is 244 Å². The van der Waals surface area contributed by atoms with Crippen molar-refractivity contribution in [3.63, 3.8) is 0 Å². The van der Waals surface area contributed by atoms with Gasteiger partial charge in [-0.15, -0.1) is 0 Å². The summed E-state index contributed by atoms with van der Waals surface area (Å²) in [5.41, 5.74) is 17.0. The summed E-state index contributed by atoms with van der Waals surface area (Å²) in [5, 5.41) is 7.32. The van der Waals surface area contributed by atoms with Crippen LogP contribution in [0.4, 0.5) is 34.1 Å². The molecule has 0 fully saturated rings. The van der Waals surface area contributed by atoms with Crippen LogP contribution in [0.15, 0.2) is 206 Å². The minimum absolute atomic E-state index is 0.160. The number of benzene rings is 10. The topological polar surface area (TPSA) is 6.48 Å². The number of para-hydroxylation sites is 1. The molecule has 1 aliphatic heterocycles. The van der Waals surface area contributed by atoms with Gasteiger partial charge in [-0.1, -0.05) is 198 Å². The fraction of sp³-hybridized carbons (Fsp3) is 0.100. The molecule has 0 saturated carbocycles. The van der Waals surface area contributed by atoms with Gasteiger partial charge in [0.2, 0.25) is 0 Å². The maximum Gasteiger partial charge on any atom is 0.0781 e. The SMILES string of the molecule is CC1(C)c2ccccc2-c2ccc(N(c3ccc4ccccc4c3N3c4ccccc4C(C)(C)c4c(-c5cccc6ccccc56)cccc43)c3cccc4ccccc34)cc21. The van der Waals surface area contributed by atoms with Crippen LogP contribution in [0.3, 0.4) is 0 Å². The molecule has 0 amide bonds. The van der Waals surface area contributed by atoms with Crippen molar-refractivity contribution in [3.05, 3.63) is 229 Å². The Balaban J connectivity index is 1.19. The number of hydrogen-bond acceptors (Lipinski definition) is 2. The first-order valence-electron chi connectivity index (χ1n) is 21.9. The van der Waals surface area contributed by atoms with E-state index >= 15 is 0 Å². The van der Waals surface area contributed by atoms with E-state index in [1.165, 1.54) is 88.2 Å². The molecule has 2 aliphatic rings. The van der Waals surface area contributed by atoms with Gasteiger partial charge in [-0.05, 0) is 102 Å². The maximum absolute atomic E-state index is 2.59. The highest BCUT2D eigenvalue weighted by molar-refractivity contribution is 6.11. The Kier molecular flexibility index (Phi) is 7.96. The molecule has 0 atom stereocenters. The molecule has 296 valence electrons.